The Morgan fingerprint density at radius 1 is 0.833 bits per heavy atom. The van der Waals surface area contributed by atoms with Crippen molar-refractivity contribution in [3.63, 3.8) is 0 Å². The Balaban J connectivity index is 1.14. The molecule has 0 N–H and O–H groups in total. The molecule has 0 bridgehead atoms. The maximum Gasteiger partial charge on any atom is 0.190 e. The van der Waals surface area contributed by atoms with Crippen LogP contribution in [-0.4, -0.2) is 55.5 Å². The molecule has 6 rings (SSSR count). The smallest absolute Gasteiger partial charge is 0.190 e. The molecule has 5 atom stereocenters. The lowest BCUT2D eigenvalue weighted by Gasteiger charge is -2.35. The van der Waals surface area contributed by atoms with Gasteiger partial charge in [0.15, 0.2) is 17.9 Å². The molecule has 36 heavy (non-hydrogen) atoms. The Morgan fingerprint density at radius 3 is 2.22 bits per heavy atom. The molecule has 3 saturated heterocycles. The van der Waals surface area contributed by atoms with E-state index in [1.807, 2.05) is 12.1 Å². The number of fused-ring (bicyclic) bond motifs is 1. The Kier molecular flexibility index (Phi) is 7.32. The minimum atomic E-state index is -0.521. The van der Waals surface area contributed by atoms with Crippen molar-refractivity contribution in [2.45, 2.75) is 127 Å². The third-order valence-electron chi connectivity index (χ3n) is 8.31. The summed E-state index contributed by atoms with van der Waals surface area (Å²) in [5, 5.41) is 0. The van der Waals surface area contributed by atoms with Gasteiger partial charge in [0, 0.05) is 25.7 Å². The normalized spacial score (nSPS) is 35.0. The van der Waals surface area contributed by atoms with E-state index in [1.54, 1.807) is 0 Å². The first kappa shape index (κ1) is 25.1. The van der Waals surface area contributed by atoms with Crippen molar-refractivity contribution in [1.82, 2.24) is 0 Å². The van der Waals surface area contributed by atoms with Crippen molar-refractivity contribution in [2.24, 2.45) is 5.92 Å². The molecular weight excluding hydrogens is 460 g/mol. The van der Waals surface area contributed by atoms with Gasteiger partial charge in [-0.1, -0.05) is 38.8 Å². The quantitative estimate of drug-likeness (QED) is 0.489. The van der Waals surface area contributed by atoms with Crippen molar-refractivity contribution in [3.05, 3.63) is 29.8 Å². The summed E-state index contributed by atoms with van der Waals surface area (Å²) in [6.45, 7) is 6.00. The highest BCUT2D eigenvalue weighted by Gasteiger charge is 2.61. The lowest BCUT2D eigenvalue weighted by atomic mass is 9.94. The first-order chi connectivity index (χ1) is 17.5. The maximum absolute atomic E-state index is 6.63. The molecule has 2 saturated carbocycles. The van der Waals surface area contributed by atoms with Gasteiger partial charge in [-0.05, 0) is 49.3 Å². The fourth-order valence-electron chi connectivity index (χ4n) is 6.40. The number of hydrogen-bond acceptors (Lipinski definition) is 7. The summed E-state index contributed by atoms with van der Waals surface area (Å²) in [6.07, 6.45) is 9.37. The second kappa shape index (κ2) is 10.5. The molecule has 0 amide bonds. The molecule has 1 aromatic rings. The molecule has 3 aliphatic heterocycles. The van der Waals surface area contributed by atoms with Crippen LogP contribution in [0.3, 0.4) is 0 Å². The van der Waals surface area contributed by atoms with Crippen molar-refractivity contribution in [2.75, 3.05) is 13.2 Å². The first-order valence-electron chi connectivity index (χ1n) is 14.2. The van der Waals surface area contributed by atoms with Crippen LogP contribution in [0.2, 0.25) is 0 Å². The van der Waals surface area contributed by atoms with Crippen LogP contribution in [0.5, 0.6) is 5.75 Å². The topological polar surface area (TPSA) is 64.6 Å². The minimum absolute atomic E-state index is 0.181. The van der Waals surface area contributed by atoms with Gasteiger partial charge in [0.1, 0.15) is 30.2 Å². The van der Waals surface area contributed by atoms with Crippen molar-refractivity contribution in [3.8, 4) is 5.75 Å². The molecule has 0 aromatic heterocycles. The Hall–Kier alpha value is -1.22. The van der Waals surface area contributed by atoms with E-state index in [2.05, 4.69) is 26.0 Å². The van der Waals surface area contributed by atoms with Gasteiger partial charge in [0.05, 0.1) is 19.8 Å². The Bertz CT molecular complexity index is 859. The van der Waals surface area contributed by atoms with E-state index in [9.17, 15) is 0 Å². The van der Waals surface area contributed by atoms with Gasteiger partial charge >= 0.3 is 0 Å². The van der Waals surface area contributed by atoms with Gasteiger partial charge in [0.25, 0.3) is 0 Å². The maximum atomic E-state index is 6.63. The van der Waals surface area contributed by atoms with Crippen molar-refractivity contribution in [1.29, 1.82) is 0 Å². The zero-order chi connectivity index (χ0) is 24.6. The minimum Gasteiger partial charge on any atom is -0.493 e. The first-order valence-corrected chi connectivity index (χ1v) is 14.2. The third-order valence-corrected chi connectivity index (χ3v) is 8.31. The number of rotatable bonds is 7. The fraction of sp³-hybridized carbons (Fsp3) is 0.793. The molecule has 2 aliphatic carbocycles. The van der Waals surface area contributed by atoms with Gasteiger partial charge < -0.3 is 33.2 Å². The van der Waals surface area contributed by atoms with Gasteiger partial charge in [-0.15, -0.1) is 0 Å². The molecule has 0 unspecified atom stereocenters. The standard InChI is InChI=1S/C29H42O7/c1-20(2)17-30-22-11-9-21(10-12-22)18-31-25-24(23-19-32-28(34-23)13-5-3-6-14-28)33-27-26(25)35-29(36-27)15-7-4-8-16-29/h9-12,20,23-27H,3-8,13-19H2,1-2H3/t23-,24-,25+,26-,27-/m0/s1. The van der Waals surface area contributed by atoms with Crippen LogP contribution in [0, 0.1) is 5.92 Å². The van der Waals surface area contributed by atoms with E-state index in [0.717, 1.165) is 62.7 Å². The van der Waals surface area contributed by atoms with Gasteiger partial charge in [-0.25, -0.2) is 0 Å². The number of hydrogen-bond donors (Lipinski definition) is 0. The monoisotopic (exact) mass is 502 g/mol. The molecular formula is C29H42O7. The van der Waals surface area contributed by atoms with Crippen LogP contribution in [0.1, 0.15) is 83.6 Å². The molecule has 5 fully saturated rings. The van der Waals surface area contributed by atoms with E-state index in [4.69, 9.17) is 33.2 Å². The predicted octanol–water partition coefficient (Wildman–Crippen LogP) is 5.48. The average Bonchev–Trinajstić information content (AvgIpc) is 3.54. The Labute approximate surface area is 215 Å². The average molecular weight is 503 g/mol. The second-order valence-electron chi connectivity index (χ2n) is 11.7. The summed E-state index contributed by atoms with van der Waals surface area (Å²) in [4.78, 5) is 0. The van der Waals surface area contributed by atoms with E-state index < -0.39 is 17.9 Å². The predicted molar refractivity (Wildman–Crippen MR) is 132 cm³/mol. The zero-order valence-electron chi connectivity index (χ0n) is 21.8. The highest BCUT2D eigenvalue weighted by molar-refractivity contribution is 5.27. The molecule has 5 aliphatic rings. The summed E-state index contributed by atoms with van der Waals surface area (Å²) < 4.78 is 44.8. The van der Waals surface area contributed by atoms with Gasteiger partial charge in [-0.2, -0.15) is 0 Å². The van der Waals surface area contributed by atoms with Gasteiger partial charge in [-0.3, -0.25) is 0 Å². The van der Waals surface area contributed by atoms with Crippen molar-refractivity contribution < 1.29 is 33.2 Å². The largest absolute Gasteiger partial charge is 0.493 e. The zero-order valence-corrected chi connectivity index (χ0v) is 21.8. The number of benzene rings is 1. The van der Waals surface area contributed by atoms with Crippen LogP contribution >= 0.6 is 0 Å². The third kappa shape index (κ3) is 5.20. The van der Waals surface area contributed by atoms with Crippen LogP contribution < -0.4 is 4.74 Å². The lowest BCUT2D eigenvalue weighted by Crippen LogP contribution is -2.45. The Morgan fingerprint density at radius 2 is 1.53 bits per heavy atom. The number of ether oxygens (including phenoxy) is 7. The fourth-order valence-corrected chi connectivity index (χ4v) is 6.40. The van der Waals surface area contributed by atoms with Gasteiger partial charge in [0.2, 0.25) is 0 Å². The summed E-state index contributed by atoms with van der Waals surface area (Å²) in [6, 6.07) is 8.16. The SMILES string of the molecule is CC(C)COc1ccc(CO[C@H]2[C@@H]3OC4(CCCCC4)O[C@@H]3O[C@H]2[C@@H]2COC3(CCCCC3)O2)cc1. The second-order valence-corrected chi connectivity index (χ2v) is 11.7. The van der Waals surface area contributed by atoms with Crippen LogP contribution in [0.15, 0.2) is 24.3 Å². The summed E-state index contributed by atoms with van der Waals surface area (Å²) in [5.74, 6) is 0.409. The van der Waals surface area contributed by atoms with Crippen LogP contribution in [0.25, 0.3) is 0 Å². The molecule has 7 nitrogen and oxygen atoms in total. The van der Waals surface area contributed by atoms with Crippen LogP contribution in [-0.2, 0) is 35.0 Å². The van der Waals surface area contributed by atoms with E-state index in [-0.39, 0.29) is 24.4 Å². The van der Waals surface area contributed by atoms with Crippen LogP contribution in [0.4, 0.5) is 0 Å². The van der Waals surface area contributed by atoms with E-state index in [0.29, 0.717) is 25.7 Å². The molecule has 0 radical (unpaired) electrons. The van der Waals surface area contributed by atoms with E-state index >= 15 is 0 Å². The molecule has 1 aromatic carbocycles. The summed E-state index contributed by atoms with van der Waals surface area (Å²) >= 11 is 0. The highest BCUT2D eigenvalue weighted by Crippen LogP contribution is 2.48. The summed E-state index contributed by atoms with van der Waals surface area (Å²) in [5.41, 5.74) is 1.09. The molecule has 7 heteroatoms. The highest BCUT2D eigenvalue weighted by atomic mass is 16.9. The molecule has 200 valence electrons. The molecule has 3 heterocycles. The molecule has 2 spiro atoms. The van der Waals surface area contributed by atoms with Crippen molar-refractivity contribution >= 4 is 0 Å². The lowest BCUT2D eigenvalue weighted by molar-refractivity contribution is -0.263. The van der Waals surface area contributed by atoms with E-state index in [1.165, 1.54) is 12.8 Å². The summed E-state index contributed by atoms with van der Waals surface area (Å²) in [7, 11) is 0.